The predicted molar refractivity (Wildman–Crippen MR) is 56.8 cm³/mol. The molecule has 1 aromatic rings. The number of aromatic nitrogens is 1. The summed E-state index contributed by atoms with van der Waals surface area (Å²) >= 11 is 0. The Kier molecular flexibility index (Phi) is 3.14. The lowest BCUT2D eigenvalue weighted by Crippen LogP contribution is -2.14. The molecule has 1 aromatic heterocycles. The van der Waals surface area contributed by atoms with E-state index in [-0.39, 0.29) is 11.3 Å². The van der Waals surface area contributed by atoms with Gasteiger partial charge < -0.3 is 19.2 Å². The van der Waals surface area contributed by atoms with Crippen molar-refractivity contribution in [2.75, 3.05) is 20.8 Å². The molecule has 1 N–H and O–H groups in total. The smallest absolute Gasteiger partial charge is 0.355 e. The van der Waals surface area contributed by atoms with Gasteiger partial charge in [-0.05, 0) is 0 Å². The third-order valence-electron chi connectivity index (χ3n) is 2.71. The van der Waals surface area contributed by atoms with Gasteiger partial charge in [-0.25, -0.2) is 9.59 Å². The Balaban J connectivity index is 2.54. The predicted octanol–water partition coefficient (Wildman–Crippen LogP) is 0.661. The van der Waals surface area contributed by atoms with Crippen LogP contribution in [0.1, 0.15) is 32.1 Å². The SMILES string of the molecule is COC(=O)c1[nH]c2c(c1C(=O)OC)COCC2. The second-order valence-electron chi connectivity index (χ2n) is 3.62. The quantitative estimate of drug-likeness (QED) is 0.767. The van der Waals surface area contributed by atoms with Crippen molar-refractivity contribution >= 4 is 11.9 Å². The van der Waals surface area contributed by atoms with E-state index < -0.39 is 11.9 Å². The Morgan fingerprint density at radius 3 is 2.59 bits per heavy atom. The topological polar surface area (TPSA) is 77.6 Å². The molecule has 92 valence electrons. The summed E-state index contributed by atoms with van der Waals surface area (Å²) in [5.41, 5.74) is 1.87. The lowest BCUT2D eigenvalue weighted by Gasteiger charge is -2.12. The van der Waals surface area contributed by atoms with E-state index >= 15 is 0 Å². The van der Waals surface area contributed by atoms with Crippen LogP contribution in [0.2, 0.25) is 0 Å². The molecule has 1 aliphatic rings. The zero-order chi connectivity index (χ0) is 12.4. The molecule has 1 aliphatic heterocycles. The first-order valence-electron chi connectivity index (χ1n) is 5.17. The average molecular weight is 239 g/mol. The summed E-state index contributed by atoms with van der Waals surface area (Å²) in [6.45, 7) is 0.863. The Bertz CT molecular complexity index is 463. The molecular weight excluding hydrogens is 226 g/mol. The second kappa shape index (κ2) is 4.58. The van der Waals surface area contributed by atoms with E-state index in [1.165, 1.54) is 14.2 Å². The average Bonchev–Trinajstić information content (AvgIpc) is 2.76. The van der Waals surface area contributed by atoms with Crippen LogP contribution in [-0.4, -0.2) is 37.7 Å². The van der Waals surface area contributed by atoms with Crippen molar-refractivity contribution in [3.8, 4) is 0 Å². The molecule has 2 rings (SSSR count). The number of ether oxygens (including phenoxy) is 3. The van der Waals surface area contributed by atoms with Crippen LogP contribution in [0, 0.1) is 0 Å². The van der Waals surface area contributed by atoms with Crippen LogP contribution in [0.15, 0.2) is 0 Å². The molecule has 0 aliphatic carbocycles. The van der Waals surface area contributed by atoms with Gasteiger partial charge in [-0.1, -0.05) is 0 Å². The van der Waals surface area contributed by atoms with Crippen LogP contribution < -0.4 is 0 Å². The second-order valence-corrected chi connectivity index (χ2v) is 3.62. The molecule has 6 heteroatoms. The molecule has 0 saturated heterocycles. The molecule has 0 radical (unpaired) electrons. The van der Waals surface area contributed by atoms with Crippen molar-refractivity contribution in [2.24, 2.45) is 0 Å². The number of rotatable bonds is 2. The molecule has 0 spiro atoms. The molecule has 0 atom stereocenters. The Labute approximate surface area is 97.9 Å². The van der Waals surface area contributed by atoms with Gasteiger partial charge in [0, 0.05) is 17.7 Å². The summed E-state index contributed by atoms with van der Waals surface area (Å²) in [7, 11) is 2.53. The van der Waals surface area contributed by atoms with Crippen LogP contribution in [0.4, 0.5) is 0 Å². The fourth-order valence-electron chi connectivity index (χ4n) is 1.89. The van der Waals surface area contributed by atoms with Gasteiger partial charge in [0.1, 0.15) is 5.69 Å². The summed E-state index contributed by atoms with van der Waals surface area (Å²) in [6.07, 6.45) is 0.635. The van der Waals surface area contributed by atoms with E-state index in [0.29, 0.717) is 25.2 Å². The minimum Gasteiger partial charge on any atom is -0.465 e. The number of nitrogens with one attached hydrogen (secondary N) is 1. The number of aromatic amines is 1. The van der Waals surface area contributed by atoms with E-state index in [2.05, 4.69) is 14.5 Å². The van der Waals surface area contributed by atoms with Gasteiger partial charge in [0.15, 0.2) is 0 Å². The highest BCUT2D eigenvalue weighted by atomic mass is 16.5. The number of methoxy groups -OCH3 is 2. The first-order valence-corrected chi connectivity index (χ1v) is 5.17. The minimum absolute atomic E-state index is 0.134. The van der Waals surface area contributed by atoms with Gasteiger partial charge in [0.2, 0.25) is 0 Å². The highest BCUT2D eigenvalue weighted by molar-refractivity contribution is 6.03. The van der Waals surface area contributed by atoms with Crippen molar-refractivity contribution in [3.05, 3.63) is 22.5 Å². The van der Waals surface area contributed by atoms with E-state index in [4.69, 9.17) is 4.74 Å². The third-order valence-corrected chi connectivity index (χ3v) is 2.71. The van der Waals surface area contributed by atoms with Crippen molar-refractivity contribution in [1.82, 2.24) is 4.98 Å². The van der Waals surface area contributed by atoms with Crippen LogP contribution in [0.25, 0.3) is 0 Å². The number of H-pyrrole nitrogens is 1. The summed E-state index contributed by atoms with van der Waals surface area (Å²) in [5, 5.41) is 0. The van der Waals surface area contributed by atoms with Crippen LogP contribution in [0.3, 0.4) is 0 Å². The fourth-order valence-corrected chi connectivity index (χ4v) is 1.89. The normalized spacial score (nSPS) is 14.0. The minimum atomic E-state index is -0.584. The molecule has 2 heterocycles. The molecule has 0 saturated carbocycles. The number of hydrogen-bond donors (Lipinski definition) is 1. The molecule has 0 fully saturated rings. The summed E-state index contributed by atoms with van der Waals surface area (Å²) in [6, 6.07) is 0. The number of carbonyl (C=O) groups is 2. The fraction of sp³-hybridized carbons (Fsp3) is 0.455. The Morgan fingerprint density at radius 1 is 1.24 bits per heavy atom. The molecule has 0 aromatic carbocycles. The third kappa shape index (κ3) is 1.91. The summed E-state index contributed by atoms with van der Waals surface area (Å²) in [4.78, 5) is 26.2. The summed E-state index contributed by atoms with van der Waals surface area (Å²) < 4.78 is 14.6. The lowest BCUT2D eigenvalue weighted by molar-refractivity contribution is 0.0547. The number of esters is 2. The molecule has 0 bridgehead atoms. The van der Waals surface area contributed by atoms with Gasteiger partial charge in [0.05, 0.1) is 33.0 Å². The van der Waals surface area contributed by atoms with E-state index in [1.807, 2.05) is 0 Å². The van der Waals surface area contributed by atoms with Crippen molar-refractivity contribution in [1.29, 1.82) is 0 Å². The highest BCUT2D eigenvalue weighted by Crippen LogP contribution is 2.25. The lowest BCUT2D eigenvalue weighted by atomic mass is 10.1. The summed E-state index contributed by atoms with van der Waals surface area (Å²) in [5.74, 6) is -1.15. The van der Waals surface area contributed by atoms with Crippen molar-refractivity contribution in [3.63, 3.8) is 0 Å². The van der Waals surface area contributed by atoms with Gasteiger partial charge in [-0.3, -0.25) is 0 Å². The zero-order valence-electron chi connectivity index (χ0n) is 9.66. The Morgan fingerprint density at radius 2 is 1.94 bits per heavy atom. The van der Waals surface area contributed by atoms with E-state index in [1.54, 1.807) is 0 Å². The molecule has 0 unspecified atom stereocenters. The highest BCUT2D eigenvalue weighted by Gasteiger charge is 2.29. The Hall–Kier alpha value is -1.82. The van der Waals surface area contributed by atoms with Gasteiger partial charge in [-0.2, -0.15) is 0 Å². The van der Waals surface area contributed by atoms with Gasteiger partial charge >= 0.3 is 11.9 Å². The largest absolute Gasteiger partial charge is 0.465 e. The van der Waals surface area contributed by atoms with Crippen molar-refractivity contribution < 1.29 is 23.8 Å². The van der Waals surface area contributed by atoms with Crippen molar-refractivity contribution in [2.45, 2.75) is 13.0 Å². The molecular formula is C11H13NO5. The first kappa shape index (κ1) is 11.7. The van der Waals surface area contributed by atoms with Crippen LogP contribution >= 0.6 is 0 Å². The zero-order valence-corrected chi connectivity index (χ0v) is 9.66. The first-order chi connectivity index (χ1) is 8.19. The van der Waals surface area contributed by atoms with Crippen LogP contribution in [0.5, 0.6) is 0 Å². The monoisotopic (exact) mass is 239 g/mol. The van der Waals surface area contributed by atoms with Gasteiger partial charge in [0.25, 0.3) is 0 Å². The molecule has 6 nitrogen and oxygen atoms in total. The van der Waals surface area contributed by atoms with Crippen LogP contribution in [-0.2, 0) is 27.2 Å². The maximum Gasteiger partial charge on any atom is 0.355 e. The maximum atomic E-state index is 11.7. The molecule has 0 amide bonds. The van der Waals surface area contributed by atoms with Gasteiger partial charge in [-0.15, -0.1) is 0 Å². The standard InChI is InChI=1S/C11H13NO5/c1-15-10(13)8-6-5-17-4-3-7(6)12-9(8)11(14)16-2/h12H,3-5H2,1-2H3. The number of carbonyl (C=O) groups excluding carboxylic acids is 2. The van der Waals surface area contributed by atoms with E-state index in [0.717, 1.165) is 5.69 Å². The van der Waals surface area contributed by atoms with E-state index in [9.17, 15) is 9.59 Å². The number of hydrogen-bond acceptors (Lipinski definition) is 5. The number of fused-ring (bicyclic) bond motifs is 1. The maximum absolute atomic E-state index is 11.7. The molecule has 17 heavy (non-hydrogen) atoms.